The first-order valence-corrected chi connectivity index (χ1v) is 7.79. The second kappa shape index (κ2) is 7.40. The van der Waals surface area contributed by atoms with Gasteiger partial charge in [-0.1, -0.05) is 30.3 Å². The highest BCUT2D eigenvalue weighted by atomic mass is 32.1. The number of hydrogen-bond donors (Lipinski definition) is 3. The Kier molecular flexibility index (Phi) is 5.55. The zero-order chi connectivity index (χ0) is 14.4. The number of nitrogens with one attached hydrogen (secondary N) is 2. The van der Waals surface area contributed by atoms with Crippen molar-refractivity contribution in [3.05, 3.63) is 23.7 Å². The van der Waals surface area contributed by atoms with Gasteiger partial charge in [-0.25, -0.2) is 4.98 Å². The number of rotatable bonds is 7. The van der Waals surface area contributed by atoms with Gasteiger partial charge in [0.2, 0.25) is 0 Å². The Labute approximate surface area is 123 Å². The molecule has 0 bridgehead atoms. The molecule has 110 valence electrons. The fraction of sp³-hybridized carbons (Fsp3) is 0.571. The van der Waals surface area contributed by atoms with Gasteiger partial charge in [0.15, 0.2) is 5.13 Å². The van der Waals surface area contributed by atoms with E-state index in [0.717, 1.165) is 12.8 Å². The van der Waals surface area contributed by atoms with Gasteiger partial charge in [0.1, 0.15) is 4.88 Å². The SMILES string of the molecule is C=CCNc1ncc(C(=O)NCC(O)C2CCCC2)s1. The van der Waals surface area contributed by atoms with Crippen molar-refractivity contribution in [3.63, 3.8) is 0 Å². The van der Waals surface area contributed by atoms with Gasteiger partial charge in [0.25, 0.3) is 5.91 Å². The maximum absolute atomic E-state index is 12.0. The molecule has 2 rings (SSSR count). The molecule has 0 saturated heterocycles. The van der Waals surface area contributed by atoms with Crippen molar-refractivity contribution in [1.29, 1.82) is 0 Å². The lowest BCUT2D eigenvalue weighted by Crippen LogP contribution is -2.35. The fourth-order valence-electron chi connectivity index (χ4n) is 2.41. The number of carbonyl (C=O) groups excluding carboxylic acids is 1. The van der Waals surface area contributed by atoms with E-state index in [9.17, 15) is 9.90 Å². The first kappa shape index (κ1) is 15.0. The van der Waals surface area contributed by atoms with Crippen molar-refractivity contribution >= 4 is 22.4 Å². The number of hydrogen-bond acceptors (Lipinski definition) is 5. The summed E-state index contributed by atoms with van der Waals surface area (Å²) < 4.78 is 0. The Morgan fingerprint density at radius 2 is 2.35 bits per heavy atom. The molecule has 1 fully saturated rings. The summed E-state index contributed by atoms with van der Waals surface area (Å²) in [6, 6.07) is 0. The van der Waals surface area contributed by atoms with Crippen LogP contribution in [0.3, 0.4) is 0 Å². The molecule has 1 saturated carbocycles. The molecule has 1 aromatic rings. The van der Waals surface area contributed by atoms with Gasteiger partial charge in [-0.15, -0.1) is 6.58 Å². The summed E-state index contributed by atoms with van der Waals surface area (Å²) in [5, 5.41) is 16.5. The topological polar surface area (TPSA) is 74.2 Å². The first-order chi connectivity index (χ1) is 9.70. The van der Waals surface area contributed by atoms with Crippen molar-refractivity contribution in [2.75, 3.05) is 18.4 Å². The summed E-state index contributed by atoms with van der Waals surface area (Å²) >= 11 is 1.30. The Balaban J connectivity index is 1.78. The molecule has 1 unspecified atom stereocenters. The van der Waals surface area contributed by atoms with Crippen LogP contribution in [0.4, 0.5) is 5.13 Å². The molecular weight excluding hydrogens is 274 g/mol. The number of nitrogens with zero attached hydrogens (tertiary/aromatic N) is 1. The van der Waals surface area contributed by atoms with Crippen LogP contribution in [0.2, 0.25) is 0 Å². The minimum absolute atomic E-state index is 0.175. The average Bonchev–Trinajstić information content (AvgIpc) is 3.12. The molecular formula is C14H21N3O2S. The van der Waals surface area contributed by atoms with Crippen LogP contribution in [-0.2, 0) is 0 Å². The van der Waals surface area contributed by atoms with E-state index in [1.807, 2.05) is 0 Å². The highest BCUT2D eigenvalue weighted by Gasteiger charge is 2.23. The van der Waals surface area contributed by atoms with Gasteiger partial charge in [-0.3, -0.25) is 4.79 Å². The van der Waals surface area contributed by atoms with Crippen LogP contribution < -0.4 is 10.6 Å². The summed E-state index contributed by atoms with van der Waals surface area (Å²) in [5.74, 6) is 0.160. The van der Waals surface area contributed by atoms with E-state index >= 15 is 0 Å². The van der Waals surface area contributed by atoms with Crippen LogP contribution in [0.25, 0.3) is 0 Å². The van der Waals surface area contributed by atoms with Crippen molar-refractivity contribution < 1.29 is 9.90 Å². The van der Waals surface area contributed by atoms with E-state index in [2.05, 4.69) is 22.2 Å². The molecule has 0 aromatic carbocycles. The summed E-state index contributed by atoms with van der Waals surface area (Å²) in [4.78, 5) is 16.6. The quantitative estimate of drug-likeness (QED) is 0.673. The van der Waals surface area contributed by atoms with Gasteiger partial charge >= 0.3 is 0 Å². The number of aromatic nitrogens is 1. The van der Waals surface area contributed by atoms with Crippen LogP contribution in [0.1, 0.15) is 35.4 Å². The van der Waals surface area contributed by atoms with E-state index in [1.165, 1.54) is 24.2 Å². The predicted molar refractivity (Wildman–Crippen MR) is 81.1 cm³/mol. The van der Waals surface area contributed by atoms with Crippen LogP contribution in [0.15, 0.2) is 18.9 Å². The molecule has 3 N–H and O–H groups in total. The zero-order valence-electron chi connectivity index (χ0n) is 11.5. The second-order valence-electron chi connectivity index (χ2n) is 5.02. The third-order valence-electron chi connectivity index (χ3n) is 3.54. The smallest absolute Gasteiger partial charge is 0.263 e. The van der Waals surface area contributed by atoms with Crippen LogP contribution in [0, 0.1) is 5.92 Å². The molecule has 0 aliphatic heterocycles. The van der Waals surface area contributed by atoms with Gasteiger partial charge in [0.05, 0.1) is 12.3 Å². The van der Waals surface area contributed by atoms with Gasteiger partial charge < -0.3 is 15.7 Å². The second-order valence-corrected chi connectivity index (χ2v) is 6.05. The van der Waals surface area contributed by atoms with E-state index < -0.39 is 6.10 Å². The molecule has 1 aromatic heterocycles. The van der Waals surface area contributed by atoms with Gasteiger partial charge in [-0.05, 0) is 18.8 Å². The molecule has 6 heteroatoms. The lowest BCUT2D eigenvalue weighted by Gasteiger charge is -2.17. The number of aliphatic hydroxyl groups excluding tert-OH is 1. The number of aliphatic hydroxyl groups is 1. The lowest BCUT2D eigenvalue weighted by molar-refractivity contribution is 0.0843. The minimum Gasteiger partial charge on any atom is -0.391 e. The van der Waals surface area contributed by atoms with Crippen LogP contribution in [-0.4, -0.2) is 35.2 Å². The predicted octanol–water partition coefficient (Wildman–Crippen LogP) is 2.02. The molecule has 1 amide bonds. The summed E-state index contributed by atoms with van der Waals surface area (Å²) in [5.41, 5.74) is 0. The van der Waals surface area contributed by atoms with Crippen LogP contribution >= 0.6 is 11.3 Å². The maximum Gasteiger partial charge on any atom is 0.263 e. The van der Waals surface area contributed by atoms with Gasteiger partial charge in [-0.2, -0.15) is 0 Å². The maximum atomic E-state index is 12.0. The number of thiazole rings is 1. The summed E-state index contributed by atoms with van der Waals surface area (Å²) in [6.07, 6.45) is 7.34. The Bertz CT molecular complexity index is 455. The molecule has 0 spiro atoms. The third kappa shape index (κ3) is 4.05. The largest absolute Gasteiger partial charge is 0.391 e. The van der Waals surface area contributed by atoms with Crippen molar-refractivity contribution in [2.24, 2.45) is 5.92 Å². The Hall–Kier alpha value is -1.40. The summed E-state index contributed by atoms with van der Waals surface area (Å²) in [7, 11) is 0. The molecule has 1 heterocycles. The van der Waals surface area contributed by atoms with Crippen molar-refractivity contribution in [3.8, 4) is 0 Å². The number of amides is 1. The third-order valence-corrected chi connectivity index (χ3v) is 4.50. The standard InChI is InChI=1S/C14H21N3O2S/c1-2-7-15-14-17-9-12(20-14)13(19)16-8-11(18)10-5-3-4-6-10/h2,9-11,18H,1,3-8H2,(H,15,17)(H,16,19). The minimum atomic E-state index is -0.437. The molecule has 5 nitrogen and oxygen atoms in total. The monoisotopic (exact) mass is 295 g/mol. The van der Waals surface area contributed by atoms with Gasteiger partial charge in [0, 0.05) is 13.1 Å². The fourth-order valence-corrected chi connectivity index (χ4v) is 3.15. The number of anilines is 1. The summed E-state index contributed by atoms with van der Waals surface area (Å²) in [6.45, 7) is 4.55. The van der Waals surface area contributed by atoms with E-state index in [0.29, 0.717) is 29.0 Å². The Morgan fingerprint density at radius 3 is 3.05 bits per heavy atom. The lowest BCUT2D eigenvalue weighted by atomic mass is 10.0. The van der Waals surface area contributed by atoms with E-state index in [1.54, 1.807) is 12.3 Å². The number of carbonyl (C=O) groups is 1. The normalized spacial score (nSPS) is 16.9. The molecule has 1 aliphatic rings. The highest BCUT2D eigenvalue weighted by molar-refractivity contribution is 7.17. The Morgan fingerprint density at radius 1 is 1.60 bits per heavy atom. The average molecular weight is 295 g/mol. The van der Waals surface area contributed by atoms with Crippen LogP contribution in [0.5, 0.6) is 0 Å². The van der Waals surface area contributed by atoms with Crippen molar-refractivity contribution in [2.45, 2.75) is 31.8 Å². The van der Waals surface area contributed by atoms with Crippen molar-refractivity contribution in [1.82, 2.24) is 10.3 Å². The highest BCUT2D eigenvalue weighted by Crippen LogP contribution is 2.27. The molecule has 0 radical (unpaired) electrons. The van der Waals surface area contributed by atoms with E-state index in [-0.39, 0.29) is 5.91 Å². The first-order valence-electron chi connectivity index (χ1n) is 6.97. The zero-order valence-corrected chi connectivity index (χ0v) is 12.3. The molecule has 20 heavy (non-hydrogen) atoms. The molecule has 1 atom stereocenters. The van der Waals surface area contributed by atoms with E-state index in [4.69, 9.17) is 0 Å². The molecule has 1 aliphatic carbocycles.